The smallest absolute Gasteiger partial charge is 0.262 e. The number of rotatable bonds is 9. The van der Waals surface area contributed by atoms with E-state index in [4.69, 9.17) is 16.3 Å². The molecule has 2 aromatic rings. The van der Waals surface area contributed by atoms with E-state index in [1.165, 1.54) is 25.1 Å². The molecule has 0 bridgehead atoms. The molecular weight excluding hydrogens is 430 g/mol. The van der Waals surface area contributed by atoms with Gasteiger partial charge in [0.05, 0.1) is 9.92 Å². The van der Waals surface area contributed by atoms with E-state index in [0.717, 1.165) is 0 Å². The van der Waals surface area contributed by atoms with Crippen molar-refractivity contribution in [1.82, 2.24) is 4.72 Å². The molecule has 0 radical (unpaired) electrons. The van der Waals surface area contributed by atoms with Crippen LogP contribution in [0.2, 0.25) is 5.02 Å². The Morgan fingerprint density at radius 2 is 1.63 bits per heavy atom. The van der Waals surface area contributed by atoms with Crippen molar-refractivity contribution in [2.24, 2.45) is 5.92 Å². The molecule has 0 aliphatic carbocycles. The molecule has 0 unspecified atom stereocenters. The second-order valence-electron chi connectivity index (χ2n) is 6.93. The summed E-state index contributed by atoms with van der Waals surface area (Å²) in [7, 11) is -3.67. The van der Waals surface area contributed by atoms with Crippen LogP contribution in [0.25, 0.3) is 0 Å². The summed E-state index contributed by atoms with van der Waals surface area (Å²) >= 11 is 6.12. The molecule has 162 valence electrons. The van der Waals surface area contributed by atoms with Gasteiger partial charge in [-0.05, 0) is 48.4 Å². The first-order chi connectivity index (χ1) is 14.1. The van der Waals surface area contributed by atoms with Gasteiger partial charge in [0.25, 0.3) is 5.91 Å². The molecule has 2 rings (SSSR count). The lowest BCUT2D eigenvalue weighted by Crippen LogP contribution is -2.27. The Morgan fingerprint density at radius 3 is 2.17 bits per heavy atom. The Bertz CT molecular complexity index is 1010. The molecule has 0 fully saturated rings. The van der Waals surface area contributed by atoms with Crippen LogP contribution in [0, 0.1) is 5.92 Å². The molecule has 0 spiro atoms. The summed E-state index contributed by atoms with van der Waals surface area (Å²) in [5.74, 6) is -0.256. The maximum atomic E-state index is 12.3. The van der Waals surface area contributed by atoms with Crippen LogP contribution in [0.5, 0.6) is 5.75 Å². The van der Waals surface area contributed by atoms with Gasteiger partial charge in [-0.25, -0.2) is 13.1 Å². The van der Waals surface area contributed by atoms with Crippen LogP contribution in [-0.4, -0.2) is 33.4 Å². The van der Waals surface area contributed by atoms with E-state index in [1.807, 2.05) is 13.8 Å². The van der Waals surface area contributed by atoms with Crippen LogP contribution < -0.4 is 20.1 Å². The highest BCUT2D eigenvalue weighted by Gasteiger charge is 2.17. The maximum absolute atomic E-state index is 12.3. The fourth-order valence-corrected chi connectivity index (χ4v) is 3.85. The Kier molecular flexibility index (Phi) is 8.22. The molecule has 0 atom stereocenters. The van der Waals surface area contributed by atoms with Crippen molar-refractivity contribution in [2.45, 2.75) is 25.7 Å². The quantitative estimate of drug-likeness (QED) is 0.539. The zero-order valence-electron chi connectivity index (χ0n) is 16.9. The molecule has 0 aliphatic heterocycles. The van der Waals surface area contributed by atoms with Gasteiger partial charge in [0, 0.05) is 24.8 Å². The molecule has 30 heavy (non-hydrogen) atoms. The third-order valence-corrected chi connectivity index (χ3v) is 5.46. The molecule has 10 heteroatoms. The average Bonchev–Trinajstić information content (AvgIpc) is 2.66. The van der Waals surface area contributed by atoms with Gasteiger partial charge in [-0.1, -0.05) is 25.4 Å². The highest BCUT2D eigenvalue weighted by molar-refractivity contribution is 7.89. The largest absolute Gasteiger partial charge is 0.482 e. The van der Waals surface area contributed by atoms with Gasteiger partial charge < -0.3 is 15.4 Å². The molecule has 0 heterocycles. The summed E-state index contributed by atoms with van der Waals surface area (Å²) in [6, 6.07) is 10.6. The van der Waals surface area contributed by atoms with Gasteiger partial charge in [-0.3, -0.25) is 9.59 Å². The Morgan fingerprint density at radius 1 is 1.03 bits per heavy atom. The lowest BCUT2D eigenvalue weighted by Gasteiger charge is -2.12. The molecule has 0 aromatic heterocycles. The first-order valence-corrected chi connectivity index (χ1v) is 11.0. The van der Waals surface area contributed by atoms with Gasteiger partial charge >= 0.3 is 0 Å². The van der Waals surface area contributed by atoms with E-state index in [2.05, 4.69) is 15.4 Å². The predicted molar refractivity (Wildman–Crippen MR) is 116 cm³/mol. The Hall–Kier alpha value is -2.62. The summed E-state index contributed by atoms with van der Waals surface area (Å²) in [6.45, 7) is 5.20. The van der Waals surface area contributed by atoms with Crippen LogP contribution in [0.1, 0.15) is 20.8 Å². The van der Waals surface area contributed by atoms with Crippen molar-refractivity contribution in [3.63, 3.8) is 0 Å². The SMILES string of the molecule is CC(=O)Nc1ccc(NC(=O)COc2ccc(S(=O)(=O)NCC(C)C)cc2Cl)cc1. The molecule has 3 N–H and O–H groups in total. The minimum Gasteiger partial charge on any atom is -0.482 e. The number of nitrogens with one attached hydrogen (secondary N) is 3. The third kappa shape index (κ3) is 7.33. The molecule has 0 aliphatic rings. The summed E-state index contributed by atoms with van der Waals surface area (Å²) in [4.78, 5) is 23.1. The van der Waals surface area contributed by atoms with E-state index in [0.29, 0.717) is 17.9 Å². The minimum atomic E-state index is -3.67. The van der Waals surface area contributed by atoms with Crippen LogP contribution in [0.4, 0.5) is 11.4 Å². The maximum Gasteiger partial charge on any atom is 0.262 e. The number of hydrogen-bond donors (Lipinski definition) is 3. The highest BCUT2D eigenvalue weighted by atomic mass is 35.5. The van der Waals surface area contributed by atoms with Crippen molar-refractivity contribution in [3.05, 3.63) is 47.5 Å². The number of ether oxygens (including phenoxy) is 1. The highest BCUT2D eigenvalue weighted by Crippen LogP contribution is 2.27. The van der Waals surface area contributed by atoms with Gasteiger partial charge in [0.2, 0.25) is 15.9 Å². The van der Waals surface area contributed by atoms with E-state index in [9.17, 15) is 18.0 Å². The normalized spacial score (nSPS) is 11.2. The predicted octanol–water partition coefficient (Wildman–Crippen LogP) is 3.25. The number of carbonyl (C=O) groups excluding carboxylic acids is 2. The molecule has 2 aromatic carbocycles. The number of anilines is 2. The van der Waals surface area contributed by atoms with Crippen LogP contribution in [-0.2, 0) is 19.6 Å². The van der Waals surface area contributed by atoms with Crippen LogP contribution in [0.15, 0.2) is 47.4 Å². The van der Waals surface area contributed by atoms with Gasteiger partial charge in [-0.15, -0.1) is 0 Å². The van der Waals surface area contributed by atoms with E-state index in [-0.39, 0.29) is 34.1 Å². The Balaban J connectivity index is 1.94. The van der Waals surface area contributed by atoms with Gasteiger partial charge in [-0.2, -0.15) is 0 Å². The summed E-state index contributed by atoms with van der Waals surface area (Å²) in [5.41, 5.74) is 1.14. The number of carbonyl (C=O) groups is 2. The van der Waals surface area contributed by atoms with Gasteiger partial charge in [0.15, 0.2) is 6.61 Å². The second-order valence-corrected chi connectivity index (χ2v) is 9.11. The first-order valence-electron chi connectivity index (χ1n) is 9.16. The summed E-state index contributed by atoms with van der Waals surface area (Å²) in [5, 5.41) is 5.36. The fourth-order valence-electron chi connectivity index (χ4n) is 2.31. The van der Waals surface area contributed by atoms with Crippen molar-refractivity contribution in [1.29, 1.82) is 0 Å². The summed E-state index contributed by atoms with van der Waals surface area (Å²) in [6.07, 6.45) is 0. The summed E-state index contributed by atoms with van der Waals surface area (Å²) < 4.78 is 32.4. The number of halogens is 1. The molecule has 0 saturated heterocycles. The Labute approximate surface area is 181 Å². The standard InChI is InChI=1S/C20H24ClN3O5S/c1-13(2)11-22-30(27,28)17-8-9-19(18(21)10-17)29-12-20(26)24-16-6-4-15(5-7-16)23-14(3)25/h4-10,13,22H,11-12H2,1-3H3,(H,23,25)(H,24,26). The molecular formula is C20H24ClN3O5S. The average molecular weight is 454 g/mol. The monoisotopic (exact) mass is 453 g/mol. The number of sulfonamides is 1. The van der Waals surface area contributed by atoms with Crippen molar-refractivity contribution >= 4 is 44.8 Å². The molecule has 8 nitrogen and oxygen atoms in total. The van der Waals surface area contributed by atoms with E-state index < -0.39 is 15.9 Å². The first kappa shape index (κ1) is 23.7. The van der Waals surface area contributed by atoms with E-state index in [1.54, 1.807) is 24.3 Å². The van der Waals surface area contributed by atoms with Crippen LogP contribution in [0.3, 0.4) is 0 Å². The zero-order chi connectivity index (χ0) is 22.3. The van der Waals surface area contributed by atoms with Crippen molar-refractivity contribution < 1.29 is 22.7 Å². The molecule has 2 amide bonds. The topological polar surface area (TPSA) is 114 Å². The number of hydrogen-bond acceptors (Lipinski definition) is 5. The third-order valence-electron chi connectivity index (χ3n) is 3.74. The number of benzene rings is 2. The molecule has 0 saturated carbocycles. The van der Waals surface area contributed by atoms with Crippen LogP contribution >= 0.6 is 11.6 Å². The van der Waals surface area contributed by atoms with E-state index >= 15 is 0 Å². The van der Waals surface area contributed by atoms with Crippen molar-refractivity contribution in [3.8, 4) is 5.75 Å². The lowest BCUT2D eigenvalue weighted by atomic mass is 10.2. The van der Waals surface area contributed by atoms with Crippen molar-refractivity contribution in [2.75, 3.05) is 23.8 Å². The second kappa shape index (κ2) is 10.4. The van der Waals surface area contributed by atoms with Gasteiger partial charge in [0.1, 0.15) is 5.75 Å². The fraction of sp³-hybridized carbons (Fsp3) is 0.300. The lowest BCUT2D eigenvalue weighted by molar-refractivity contribution is -0.118. The zero-order valence-corrected chi connectivity index (χ0v) is 18.4. The minimum absolute atomic E-state index is 0.0178. The number of amides is 2.